The van der Waals surface area contributed by atoms with Crippen LogP contribution in [0.25, 0.3) is 0 Å². The summed E-state index contributed by atoms with van der Waals surface area (Å²) in [5.41, 5.74) is 5.58. The number of nitrogens with two attached hydrogens (primary N) is 1. The number of piperidine rings is 1. The molecule has 1 aromatic rings. The van der Waals surface area contributed by atoms with Gasteiger partial charge in [0.15, 0.2) is 0 Å². The van der Waals surface area contributed by atoms with Crippen molar-refractivity contribution in [3.63, 3.8) is 0 Å². The highest BCUT2D eigenvalue weighted by Gasteiger charge is 2.38. The minimum Gasteiger partial charge on any atom is -0.399 e. The molecule has 1 heterocycles. The van der Waals surface area contributed by atoms with Gasteiger partial charge in [0.1, 0.15) is 16.8 Å². The zero-order chi connectivity index (χ0) is 15.6. The lowest BCUT2D eigenvalue weighted by atomic mass is 10.0. The van der Waals surface area contributed by atoms with Gasteiger partial charge in [0.25, 0.3) is 0 Å². The van der Waals surface area contributed by atoms with Crippen molar-refractivity contribution in [1.82, 2.24) is 9.62 Å². The van der Waals surface area contributed by atoms with E-state index in [0.29, 0.717) is 12.8 Å². The molecule has 0 aromatic heterocycles. The molecule has 116 valence electrons. The third-order valence-corrected chi connectivity index (χ3v) is 5.49. The summed E-state index contributed by atoms with van der Waals surface area (Å²) in [5, 5.41) is 2.45. The van der Waals surface area contributed by atoms with Crippen LogP contribution in [0, 0.1) is 5.82 Å². The number of likely N-dealkylation sites (N-methyl/N-ethyl adjacent to an activating group) is 1. The molecule has 1 atom stereocenters. The molecule has 6 nitrogen and oxygen atoms in total. The fraction of sp³-hybridized carbons (Fsp3) is 0.462. The van der Waals surface area contributed by atoms with E-state index in [4.69, 9.17) is 5.73 Å². The number of nitrogen functional groups attached to an aromatic ring is 1. The van der Waals surface area contributed by atoms with Crippen LogP contribution < -0.4 is 11.1 Å². The summed E-state index contributed by atoms with van der Waals surface area (Å²) in [5.74, 6) is -1.29. The predicted octanol–water partition coefficient (Wildman–Crippen LogP) is 0.697. The molecule has 0 saturated carbocycles. The molecule has 0 bridgehead atoms. The van der Waals surface area contributed by atoms with Crippen molar-refractivity contribution in [2.75, 3.05) is 19.3 Å². The van der Waals surface area contributed by atoms with Gasteiger partial charge in [0, 0.05) is 19.3 Å². The summed E-state index contributed by atoms with van der Waals surface area (Å²) in [7, 11) is -2.62. The number of amides is 1. The second-order valence-electron chi connectivity index (χ2n) is 4.93. The standard InChI is InChI=1S/C13H18FN3O3S/c1-16-13(18)11-4-2-3-7-17(11)21(19,20)12-6-5-9(15)8-10(12)14/h5-6,8,11H,2-4,7,15H2,1H3,(H,16,18). The molecular formula is C13H18FN3O3S. The van der Waals surface area contributed by atoms with Gasteiger partial charge in [-0.2, -0.15) is 4.31 Å². The van der Waals surface area contributed by atoms with E-state index in [2.05, 4.69) is 5.32 Å². The molecule has 0 aliphatic carbocycles. The van der Waals surface area contributed by atoms with Crippen molar-refractivity contribution in [2.24, 2.45) is 0 Å². The van der Waals surface area contributed by atoms with E-state index in [1.165, 1.54) is 13.1 Å². The minimum absolute atomic E-state index is 0.146. The number of carbonyl (C=O) groups is 1. The van der Waals surface area contributed by atoms with E-state index in [1.54, 1.807) is 0 Å². The largest absolute Gasteiger partial charge is 0.399 e. The normalized spacial score (nSPS) is 20.2. The molecule has 1 aromatic carbocycles. The number of anilines is 1. The van der Waals surface area contributed by atoms with E-state index in [9.17, 15) is 17.6 Å². The lowest BCUT2D eigenvalue weighted by molar-refractivity contribution is -0.125. The van der Waals surface area contributed by atoms with Gasteiger partial charge in [-0.25, -0.2) is 12.8 Å². The fourth-order valence-electron chi connectivity index (χ4n) is 2.47. The average Bonchev–Trinajstić information content (AvgIpc) is 2.46. The van der Waals surface area contributed by atoms with E-state index in [1.807, 2.05) is 0 Å². The Labute approximate surface area is 123 Å². The number of hydrogen-bond donors (Lipinski definition) is 2. The van der Waals surface area contributed by atoms with Crippen molar-refractivity contribution >= 4 is 21.6 Å². The Balaban J connectivity index is 2.43. The van der Waals surface area contributed by atoms with Crippen LogP contribution in [0.4, 0.5) is 10.1 Å². The molecule has 1 aliphatic heterocycles. The van der Waals surface area contributed by atoms with Crippen molar-refractivity contribution < 1.29 is 17.6 Å². The Morgan fingerprint density at radius 1 is 1.43 bits per heavy atom. The van der Waals surface area contributed by atoms with Gasteiger partial charge in [0.2, 0.25) is 15.9 Å². The summed E-state index contributed by atoms with van der Waals surface area (Å²) in [6, 6.07) is 2.63. The molecule has 3 N–H and O–H groups in total. The van der Waals surface area contributed by atoms with Crippen LogP contribution in [0.5, 0.6) is 0 Å². The highest BCUT2D eigenvalue weighted by molar-refractivity contribution is 7.89. The first-order valence-corrected chi connectivity index (χ1v) is 8.10. The highest BCUT2D eigenvalue weighted by Crippen LogP contribution is 2.27. The molecule has 8 heteroatoms. The number of nitrogens with zero attached hydrogens (tertiary/aromatic N) is 1. The Bertz CT molecular complexity index is 648. The monoisotopic (exact) mass is 315 g/mol. The zero-order valence-electron chi connectivity index (χ0n) is 11.7. The molecule has 0 radical (unpaired) electrons. The van der Waals surface area contributed by atoms with Gasteiger partial charge in [-0.05, 0) is 31.0 Å². The van der Waals surface area contributed by atoms with Crippen LogP contribution in [0.2, 0.25) is 0 Å². The summed E-state index contributed by atoms with van der Waals surface area (Å²) in [4.78, 5) is 11.4. The maximum Gasteiger partial charge on any atom is 0.246 e. The van der Waals surface area contributed by atoms with Crippen molar-refractivity contribution in [3.8, 4) is 0 Å². The number of halogens is 1. The number of carbonyl (C=O) groups excluding carboxylic acids is 1. The van der Waals surface area contributed by atoms with Crippen LogP contribution >= 0.6 is 0 Å². The highest BCUT2D eigenvalue weighted by atomic mass is 32.2. The molecule has 0 spiro atoms. The Morgan fingerprint density at radius 3 is 2.76 bits per heavy atom. The first kappa shape index (κ1) is 15.7. The molecule has 21 heavy (non-hydrogen) atoms. The van der Waals surface area contributed by atoms with Crippen molar-refractivity contribution in [2.45, 2.75) is 30.2 Å². The number of nitrogens with one attached hydrogen (secondary N) is 1. The molecule has 2 rings (SSSR count). The summed E-state index contributed by atoms with van der Waals surface area (Å²) in [6.07, 6.45) is 1.83. The number of benzene rings is 1. The Morgan fingerprint density at radius 2 is 2.14 bits per heavy atom. The van der Waals surface area contributed by atoms with Crippen LogP contribution in [0.15, 0.2) is 23.1 Å². The lowest BCUT2D eigenvalue weighted by Gasteiger charge is -2.33. The quantitative estimate of drug-likeness (QED) is 0.803. The first-order valence-electron chi connectivity index (χ1n) is 6.66. The minimum atomic E-state index is -4.07. The Kier molecular flexibility index (Phi) is 4.48. The van der Waals surface area contributed by atoms with E-state index in [0.717, 1.165) is 22.9 Å². The topological polar surface area (TPSA) is 92.5 Å². The fourth-order valence-corrected chi connectivity index (χ4v) is 4.18. The third-order valence-electron chi connectivity index (χ3n) is 3.55. The van der Waals surface area contributed by atoms with E-state index in [-0.39, 0.29) is 18.1 Å². The summed E-state index contributed by atoms with van der Waals surface area (Å²) >= 11 is 0. The third kappa shape index (κ3) is 3.01. The van der Waals surface area contributed by atoms with Crippen molar-refractivity contribution in [3.05, 3.63) is 24.0 Å². The number of sulfonamides is 1. The molecule has 1 fully saturated rings. The van der Waals surface area contributed by atoms with Gasteiger partial charge in [-0.3, -0.25) is 4.79 Å². The van der Waals surface area contributed by atoms with Crippen molar-refractivity contribution in [1.29, 1.82) is 0 Å². The van der Waals surface area contributed by atoms with Crippen LogP contribution in [0.3, 0.4) is 0 Å². The van der Waals surface area contributed by atoms with Gasteiger partial charge in [-0.1, -0.05) is 6.42 Å². The van der Waals surface area contributed by atoms with Gasteiger partial charge < -0.3 is 11.1 Å². The molecule has 1 aliphatic rings. The van der Waals surface area contributed by atoms with E-state index < -0.39 is 26.8 Å². The zero-order valence-corrected chi connectivity index (χ0v) is 12.5. The van der Waals surface area contributed by atoms with Crippen LogP contribution in [-0.4, -0.2) is 38.3 Å². The smallest absolute Gasteiger partial charge is 0.246 e. The number of hydrogen-bond acceptors (Lipinski definition) is 4. The SMILES string of the molecule is CNC(=O)C1CCCCN1S(=O)(=O)c1ccc(N)cc1F. The predicted molar refractivity (Wildman–Crippen MR) is 76.4 cm³/mol. The van der Waals surface area contributed by atoms with Gasteiger partial charge in [-0.15, -0.1) is 0 Å². The second-order valence-corrected chi connectivity index (χ2v) is 6.79. The molecule has 1 unspecified atom stereocenters. The molecule has 1 amide bonds. The van der Waals surface area contributed by atoms with Gasteiger partial charge >= 0.3 is 0 Å². The molecular weight excluding hydrogens is 297 g/mol. The summed E-state index contributed by atoms with van der Waals surface area (Å²) in [6.45, 7) is 0.199. The average molecular weight is 315 g/mol. The maximum absolute atomic E-state index is 13.9. The molecule has 1 saturated heterocycles. The summed E-state index contributed by atoms with van der Waals surface area (Å²) < 4.78 is 40.2. The Hall–Kier alpha value is -1.67. The first-order chi connectivity index (χ1) is 9.87. The maximum atomic E-state index is 13.9. The van der Waals surface area contributed by atoms with Crippen LogP contribution in [0.1, 0.15) is 19.3 Å². The van der Waals surface area contributed by atoms with E-state index >= 15 is 0 Å². The van der Waals surface area contributed by atoms with Gasteiger partial charge in [0.05, 0.1) is 0 Å². The second kappa shape index (κ2) is 5.98. The number of rotatable bonds is 3. The lowest BCUT2D eigenvalue weighted by Crippen LogP contribution is -2.51. The van der Waals surface area contributed by atoms with Crippen LogP contribution in [-0.2, 0) is 14.8 Å².